The highest BCUT2D eigenvalue weighted by Gasteiger charge is 2.33. The zero-order valence-corrected chi connectivity index (χ0v) is 13.5. The summed E-state index contributed by atoms with van der Waals surface area (Å²) in [6.07, 6.45) is -4.02. The van der Waals surface area contributed by atoms with Gasteiger partial charge in [0.05, 0.1) is 11.3 Å². The van der Waals surface area contributed by atoms with Crippen LogP contribution in [0, 0.1) is 0 Å². The van der Waals surface area contributed by atoms with Crippen LogP contribution in [-0.2, 0) is 17.4 Å². The minimum Gasteiger partial charge on any atom is -0.483 e. The number of hydrogen-bond acceptors (Lipinski definition) is 3. The van der Waals surface area contributed by atoms with Crippen molar-refractivity contribution in [3.05, 3.63) is 59.2 Å². The second-order valence-corrected chi connectivity index (χ2v) is 5.67. The molecule has 0 spiro atoms. The molecule has 0 aliphatic carbocycles. The van der Waals surface area contributed by atoms with E-state index >= 15 is 0 Å². The van der Waals surface area contributed by atoms with Crippen LogP contribution in [0.4, 0.5) is 18.9 Å². The predicted octanol–water partition coefficient (Wildman–Crippen LogP) is 3.01. The number of carbonyl (C=O) groups excluding carboxylic acids is 2. The number of hydrogen-bond donors (Lipinski definition) is 2. The molecule has 1 heterocycles. The molecule has 8 heteroatoms. The van der Waals surface area contributed by atoms with E-state index in [9.17, 15) is 22.8 Å². The Hall–Kier alpha value is -3.03. The van der Waals surface area contributed by atoms with Crippen molar-refractivity contribution in [2.24, 2.45) is 0 Å². The van der Waals surface area contributed by atoms with Crippen LogP contribution in [0.2, 0.25) is 0 Å². The van der Waals surface area contributed by atoms with Crippen molar-refractivity contribution < 1.29 is 27.5 Å². The van der Waals surface area contributed by atoms with E-state index in [0.717, 1.165) is 6.07 Å². The lowest BCUT2D eigenvalue weighted by molar-refractivity contribution is -0.137. The van der Waals surface area contributed by atoms with E-state index in [1.54, 1.807) is 18.2 Å². The molecule has 2 N–H and O–H groups in total. The molecule has 0 fully saturated rings. The first kappa shape index (κ1) is 17.8. The van der Waals surface area contributed by atoms with Gasteiger partial charge in [-0.25, -0.2) is 0 Å². The lowest BCUT2D eigenvalue weighted by Gasteiger charge is -2.19. The second-order valence-electron chi connectivity index (χ2n) is 5.67. The monoisotopic (exact) mass is 364 g/mol. The van der Waals surface area contributed by atoms with Gasteiger partial charge in [0.1, 0.15) is 5.75 Å². The van der Waals surface area contributed by atoms with E-state index in [0.29, 0.717) is 29.8 Å². The lowest BCUT2D eigenvalue weighted by atomic mass is 9.99. The van der Waals surface area contributed by atoms with Crippen LogP contribution in [0.1, 0.15) is 21.5 Å². The molecule has 1 aliphatic rings. The predicted molar refractivity (Wildman–Crippen MR) is 88.0 cm³/mol. The summed E-state index contributed by atoms with van der Waals surface area (Å²) < 4.78 is 44.3. The van der Waals surface area contributed by atoms with Crippen molar-refractivity contribution in [2.45, 2.75) is 12.6 Å². The fourth-order valence-electron chi connectivity index (χ4n) is 2.74. The molecular weight excluding hydrogens is 349 g/mol. The largest absolute Gasteiger partial charge is 0.483 e. The molecular formula is C18H15F3N2O3. The third-order valence-corrected chi connectivity index (χ3v) is 3.90. The van der Waals surface area contributed by atoms with Gasteiger partial charge in [-0.05, 0) is 30.7 Å². The first-order valence-corrected chi connectivity index (χ1v) is 7.85. The van der Waals surface area contributed by atoms with Gasteiger partial charge in [0.25, 0.3) is 11.8 Å². The molecule has 2 aromatic carbocycles. The molecule has 0 atom stereocenters. The molecule has 0 unspecified atom stereocenters. The fourth-order valence-corrected chi connectivity index (χ4v) is 2.74. The van der Waals surface area contributed by atoms with E-state index < -0.39 is 24.3 Å². The molecule has 0 aromatic heterocycles. The molecule has 0 saturated heterocycles. The summed E-state index contributed by atoms with van der Waals surface area (Å²) in [4.78, 5) is 23.8. The van der Waals surface area contributed by atoms with E-state index in [1.807, 2.05) is 0 Å². The molecule has 136 valence electrons. The number of anilines is 1. The zero-order chi connectivity index (χ0) is 18.7. The van der Waals surface area contributed by atoms with Crippen LogP contribution in [0.5, 0.6) is 5.75 Å². The van der Waals surface area contributed by atoms with E-state index in [1.165, 1.54) is 18.2 Å². The number of carbonyl (C=O) groups is 2. The number of para-hydroxylation sites is 1. The molecule has 0 saturated carbocycles. The van der Waals surface area contributed by atoms with E-state index in [-0.39, 0.29) is 11.6 Å². The average Bonchev–Trinajstić information content (AvgIpc) is 2.60. The maximum absolute atomic E-state index is 13.0. The summed E-state index contributed by atoms with van der Waals surface area (Å²) in [6, 6.07) is 9.60. The fraction of sp³-hybridized carbons (Fsp3) is 0.222. The number of benzene rings is 2. The Morgan fingerprint density at radius 3 is 2.69 bits per heavy atom. The Kier molecular flexibility index (Phi) is 4.83. The van der Waals surface area contributed by atoms with Gasteiger partial charge in [-0.1, -0.05) is 18.2 Å². The summed E-state index contributed by atoms with van der Waals surface area (Å²) in [6.45, 7) is -0.0123. The zero-order valence-electron chi connectivity index (χ0n) is 13.5. The summed E-state index contributed by atoms with van der Waals surface area (Å²) in [5, 5.41) is 4.92. The quantitative estimate of drug-likeness (QED) is 0.876. The Labute approximate surface area is 147 Å². The number of rotatable bonds is 4. The molecule has 3 rings (SSSR count). The molecule has 0 radical (unpaired) electrons. The van der Waals surface area contributed by atoms with E-state index in [2.05, 4.69) is 10.6 Å². The summed E-state index contributed by atoms with van der Waals surface area (Å²) in [5.74, 6) is -0.573. The Morgan fingerprint density at radius 2 is 1.92 bits per heavy atom. The van der Waals surface area contributed by atoms with Crippen molar-refractivity contribution in [3.8, 4) is 5.75 Å². The second kappa shape index (κ2) is 7.07. The van der Waals surface area contributed by atoms with Gasteiger partial charge in [0.2, 0.25) is 0 Å². The SMILES string of the molecule is O=C(COc1cccc2c1CCNC2=O)Nc1ccccc1C(F)(F)F. The van der Waals surface area contributed by atoms with Crippen LogP contribution in [0.15, 0.2) is 42.5 Å². The average molecular weight is 364 g/mol. The maximum atomic E-state index is 13.0. The van der Waals surface area contributed by atoms with Crippen LogP contribution >= 0.6 is 0 Å². The van der Waals surface area contributed by atoms with Crippen molar-refractivity contribution in [3.63, 3.8) is 0 Å². The third-order valence-electron chi connectivity index (χ3n) is 3.90. The molecule has 26 heavy (non-hydrogen) atoms. The Balaban J connectivity index is 1.70. The number of halogens is 3. The lowest BCUT2D eigenvalue weighted by Crippen LogP contribution is -2.32. The maximum Gasteiger partial charge on any atom is 0.418 e. The Bertz CT molecular complexity index is 850. The van der Waals surface area contributed by atoms with Gasteiger partial charge in [-0.15, -0.1) is 0 Å². The van der Waals surface area contributed by atoms with Crippen LogP contribution in [0.25, 0.3) is 0 Å². The molecule has 2 aromatic rings. The molecule has 2 amide bonds. The summed E-state index contributed by atoms with van der Waals surface area (Å²) >= 11 is 0. The highest BCUT2D eigenvalue weighted by atomic mass is 19.4. The molecule has 1 aliphatic heterocycles. The normalized spacial score (nSPS) is 13.6. The van der Waals surface area contributed by atoms with Crippen molar-refractivity contribution in [1.29, 1.82) is 0 Å². The minimum atomic E-state index is -4.57. The minimum absolute atomic E-state index is 0.222. The number of fused-ring (bicyclic) bond motifs is 1. The molecule has 5 nitrogen and oxygen atoms in total. The van der Waals surface area contributed by atoms with Gasteiger partial charge >= 0.3 is 6.18 Å². The molecule has 0 bridgehead atoms. The van der Waals surface area contributed by atoms with Gasteiger partial charge in [0.15, 0.2) is 6.61 Å². The van der Waals surface area contributed by atoms with Crippen molar-refractivity contribution >= 4 is 17.5 Å². The van der Waals surface area contributed by atoms with Gasteiger partial charge < -0.3 is 15.4 Å². The van der Waals surface area contributed by atoms with Crippen LogP contribution in [-0.4, -0.2) is 25.0 Å². The highest BCUT2D eigenvalue weighted by Crippen LogP contribution is 2.34. The Morgan fingerprint density at radius 1 is 1.15 bits per heavy atom. The van der Waals surface area contributed by atoms with Crippen LogP contribution in [0.3, 0.4) is 0 Å². The third kappa shape index (κ3) is 3.79. The summed E-state index contributed by atoms with van der Waals surface area (Å²) in [7, 11) is 0. The highest BCUT2D eigenvalue weighted by molar-refractivity contribution is 5.97. The first-order valence-electron chi connectivity index (χ1n) is 7.85. The van der Waals surface area contributed by atoms with Gasteiger partial charge in [0, 0.05) is 17.7 Å². The van der Waals surface area contributed by atoms with E-state index in [4.69, 9.17) is 4.74 Å². The van der Waals surface area contributed by atoms with Crippen molar-refractivity contribution in [1.82, 2.24) is 5.32 Å². The number of nitrogens with one attached hydrogen (secondary N) is 2. The van der Waals surface area contributed by atoms with Crippen LogP contribution < -0.4 is 15.4 Å². The van der Waals surface area contributed by atoms with Gasteiger partial charge in [-0.2, -0.15) is 13.2 Å². The standard InChI is InChI=1S/C18H15F3N2O3/c19-18(20,21)13-5-1-2-6-14(13)23-16(24)10-26-15-7-3-4-12-11(15)8-9-22-17(12)25/h1-7H,8-10H2,(H,22,25)(H,23,24). The number of ether oxygens (including phenoxy) is 1. The number of alkyl halides is 3. The number of amides is 2. The van der Waals surface area contributed by atoms with Crippen molar-refractivity contribution in [2.75, 3.05) is 18.5 Å². The summed E-state index contributed by atoms with van der Waals surface area (Å²) in [5.41, 5.74) is -0.110. The smallest absolute Gasteiger partial charge is 0.418 e. The first-order chi connectivity index (χ1) is 12.4. The topological polar surface area (TPSA) is 67.4 Å². The van der Waals surface area contributed by atoms with Gasteiger partial charge in [-0.3, -0.25) is 9.59 Å².